The minimum Gasteiger partial charge on any atom is -0.507 e. The van der Waals surface area contributed by atoms with Gasteiger partial charge in [0, 0.05) is 17.2 Å². The normalized spacial score (nSPS) is 18.1. The molecule has 1 aliphatic rings. The maximum absolute atomic E-state index is 12.4. The lowest BCUT2D eigenvalue weighted by molar-refractivity contribution is -0.133. The number of carbonyl (C=O) groups excluding carboxylic acids is 2. The summed E-state index contributed by atoms with van der Waals surface area (Å²) in [6.07, 6.45) is 0. The number of rotatable bonds is 5. The van der Waals surface area contributed by atoms with Crippen LogP contribution in [0.4, 0.5) is 0 Å². The van der Waals surface area contributed by atoms with Gasteiger partial charge in [0.15, 0.2) is 0 Å². The molecule has 0 saturated carbocycles. The number of hydrogen-bond acceptors (Lipinski definition) is 6. The Morgan fingerprint density at radius 3 is 2.15 bits per heavy atom. The van der Waals surface area contributed by atoms with Crippen LogP contribution in [0.1, 0.15) is 17.2 Å². The second kappa shape index (κ2) is 7.41. The van der Waals surface area contributed by atoms with E-state index in [1.165, 1.54) is 21.3 Å². The van der Waals surface area contributed by atoms with Crippen molar-refractivity contribution in [3.8, 4) is 17.2 Å². The second-order valence-corrected chi connectivity index (χ2v) is 5.83. The first-order valence-corrected chi connectivity index (χ1v) is 8.14. The Morgan fingerprint density at radius 2 is 1.56 bits per heavy atom. The van der Waals surface area contributed by atoms with Crippen molar-refractivity contribution in [2.75, 3.05) is 21.3 Å². The third kappa shape index (κ3) is 3.31. The molecule has 0 bridgehead atoms. The van der Waals surface area contributed by atoms with Crippen LogP contribution in [0, 0.1) is 0 Å². The van der Waals surface area contributed by atoms with Crippen LogP contribution < -0.4 is 19.5 Å². The zero-order valence-corrected chi connectivity index (χ0v) is 15.1. The summed E-state index contributed by atoms with van der Waals surface area (Å²) in [7, 11) is 4.53. The molecule has 1 saturated heterocycles. The van der Waals surface area contributed by atoms with Crippen molar-refractivity contribution in [1.82, 2.24) is 5.32 Å². The molecule has 1 fully saturated rings. The monoisotopic (exact) mass is 369 g/mol. The third-order valence-corrected chi connectivity index (χ3v) is 4.39. The van der Waals surface area contributed by atoms with Gasteiger partial charge in [0.25, 0.3) is 11.7 Å². The van der Waals surface area contributed by atoms with E-state index in [9.17, 15) is 14.7 Å². The van der Waals surface area contributed by atoms with E-state index in [4.69, 9.17) is 14.2 Å². The molecule has 0 radical (unpaired) electrons. The number of benzene rings is 2. The first-order chi connectivity index (χ1) is 13.0. The van der Waals surface area contributed by atoms with Gasteiger partial charge in [-0.2, -0.15) is 0 Å². The summed E-state index contributed by atoms with van der Waals surface area (Å²) in [5.41, 5.74) is 0.898. The van der Waals surface area contributed by atoms with E-state index in [1.54, 1.807) is 42.5 Å². The van der Waals surface area contributed by atoms with Crippen LogP contribution >= 0.6 is 0 Å². The minimum atomic E-state index is -0.840. The highest BCUT2D eigenvalue weighted by molar-refractivity contribution is 6.46. The van der Waals surface area contributed by atoms with Crippen LogP contribution in [0.2, 0.25) is 0 Å². The summed E-state index contributed by atoms with van der Waals surface area (Å²) in [6, 6.07) is 10.7. The zero-order valence-electron chi connectivity index (χ0n) is 15.1. The number of carbonyl (C=O) groups is 2. The van der Waals surface area contributed by atoms with E-state index in [-0.39, 0.29) is 11.3 Å². The average Bonchev–Trinajstić information content (AvgIpc) is 3.01. The number of methoxy groups -OCH3 is 3. The fraction of sp³-hybridized carbons (Fsp3) is 0.200. The molecular weight excluding hydrogens is 350 g/mol. The molecule has 7 nitrogen and oxygen atoms in total. The number of aliphatic hydroxyl groups is 1. The van der Waals surface area contributed by atoms with Gasteiger partial charge in [0.1, 0.15) is 23.0 Å². The molecule has 0 unspecified atom stereocenters. The Labute approximate surface area is 156 Å². The number of ether oxygens (including phenoxy) is 3. The number of aliphatic hydroxyl groups excluding tert-OH is 1. The van der Waals surface area contributed by atoms with Gasteiger partial charge in [-0.3, -0.25) is 9.59 Å². The Bertz CT molecular complexity index is 917. The van der Waals surface area contributed by atoms with E-state index < -0.39 is 17.7 Å². The predicted octanol–water partition coefficient (Wildman–Crippen LogP) is 2.42. The van der Waals surface area contributed by atoms with Gasteiger partial charge in [-0.15, -0.1) is 0 Å². The molecule has 0 spiro atoms. The summed E-state index contributed by atoms with van der Waals surface area (Å²) < 4.78 is 15.6. The van der Waals surface area contributed by atoms with Crippen LogP contribution in [0.15, 0.2) is 48.0 Å². The molecule has 0 aromatic heterocycles. The maximum atomic E-state index is 12.4. The van der Waals surface area contributed by atoms with Crippen LogP contribution in [0.3, 0.4) is 0 Å². The maximum Gasteiger partial charge on any atom is 0.293 e. The van der Waals surface area contributed by atoms with Gasteiger partial charge in [-0.05, 0) is 36.4 Å². The lowest BCUT2D eigenvalue weighted by atomic mass is 9.95. The summed E-state index contributed by atoms with van der Waals surface area (Å²) in [4.78, 5) is 24.5. The smallest absolute Gasteiger partial charge is 0.293 e. The standard InChI is InChI=1S/C20H19NO6/c1-25-12-6-4-11(5-7-12)18(22)16-17(21-20(24)19(16)23)14-9-8-13(26-2)10-15(14)27-3/h4-10,17,22H,1-3H3,(H,21,24)/t17-/m1/s1. The van der Waals surface area contributed by atoms with E-state index in [2.05, 4.69) is 5.32 Å². The van der Waals surface area contributed by atoms with Crippen molar-refractivity contribution in [2.24, 2.45) is 0 Å². The lowest BCUT2D eigenvalue weighted by Gasteiger charge is -2.17. The van der Waals surface area contributed by atoms with Crippen LogP contribution in [0.5, 0.6) is 17.2 Å². The highest BCUT2D eigenvalue weighted by atomic mass is 16.5. The minimum absolute atomic E-state index is 0.0337. The van der Waals surface area contributed by atoms with Crippen molar-refractivity contribution in [3.63, 3.8) is 0 Å². The second-order valence-electron chi connectivity index (χ2n) is 5.83. The number of ketones is 1. The van der Waals surface area contributed by atoms with Gasteiger partial charge in [0.05, 0.1) is 32.9 Å². The molecule has 3 rings (SSSR count). The van der Waals surface area contributed by atoms with Crippen LogP contribution in [0.25, 0.3) is 5.76 Å². The highest BCUT2D eigenvalue weighted by Crippen LogP contribution is 2.38. The van der Waals surface area contributed by atoms with Crippen LogP contribution in [-0.2, 0) is 9.59 Å². The van der Waals surface area contributed by atoms with Gasteiger partial charge in [-0.1, -0.05) is 0 Å². The molecule has 27 heavy (non-hydrogen) atoms. The average molecular weight is 369 g/mol. The van der Waals surface area contributed by atoms with E-state index in [0.29, 0.717) is 28.4 Å². The van der Waals surface area contributed by atoms with Crippen LogP contribution in [-0.4, -0.2) is 38.1 Å². The summed E-state index contributed by atoms with van der Waals surface area (Å²) in [5.74, 6) is -0.245. The Morgan fingerprint density at radius 1 is 0.926 bits per heavy atom. The fourth-order valence-corrected chi connectivity index (χ4v) is 2.96. The molecule has 2 N–H and O–H groups in total. The molecule has 140 valence electrons. The van der Waals surface area contributed by atoms with E-state index in [0.717, 1.165) is 0 Å². The van der Waals surface area contributed by atoms with E-state index in [1.807, 2.05) is 0 Å². The van der Waals surface area contributed by atoms with Crippen molar-refractivity contribution in [3.05, 3.63) is 59.2 Å². The molecule has 1 amide bonds. The molecule has 0 aliphatic carbocycles. The molecule has 2 aromatic carbocycles. The van der Waals surface area contributed by atoms with Gasteiger partial charge < -0.3 is 24.6 Å². The topological polar surface area (TPSA) is 94.1 Å². The highest BCUT2D eigenvalue weighted by Gasteiger charge is 2.40. The molecule has 2 aromatic rings. The molecule has 1 heterocycles. The molecule has 1 atom stereocenters. The predicted molar refractivity (Wildman–Crippen MR) is 98.0 cm³/mol. The summed E-state index contributed by atoms with van der Waals surface area (Å²) >= 11 is 0. The van der Waals surface area contributed by atoms with Crippen molar-refractivity contribution < 1.29 is 28.9 Å². The number of hydrogen-bond donors (Lipinski definition) is 2. The lowest BCUT2D eigenvalue weighted by Crippen LogP contribution is -2.21. The fourth-order valence-electron chi connectivity index (χ4n) is 2.96. The molecule has 7 heteroatoms. The van der Waals surface area contributed by atoms with Gasteiger partial charge in [-0.25, -0.2) is 0 Å². The number of amides is 1. The third-order valence-electron chi connectivity index (χ3n) is 4.39. The van der Waals surface area contributed by atoms with Gasteiger partial charge >= 0.3 is 0 Å². The number of Topliss-reactive ketones (excluding diaryl/α,β-unsaturated/α-hetero) is 1. The Balaban J connectivity index is 2.11. The SMILES string of the molecule is COc1ccc(C(O)=C2C(=O)C(=O)N[C@@H]2c2ccc(OC)cc2OC)cc1. The molecular formula is C20H19NO6. The van der Waals surface area contributed by atoms with Crippen molar-refractivity contribution in [2.45, 2.75) is 6.04 Å². The Hall–Kier alpha value is -3.48. The van der Waals surface area contributed by atoms with Gasteiger partial charge in [0.2, 0.25) is 0 Å². The quantitative estimate of drug-likeness (QED) is 0.478. The zero-order chi connectivity index (χ0) is 19.6. The number of nitrogens with one attached hydrogen (secondary N) is 1. The first-order valence-electron chi connectivity index (χ1n) is 8.14. The van der Waals surface area contributed by atoms with E-state index >= 15 is 0 Å². The van der Waals surface area contributed by atoms with Crippen molar-refractivity contribution in [1.29, 1.82) is 0 Å². The summed E-state index contributed by atoms with van der Waals surface area (Å²) in [6.45, 7) is 0. The first kappa shape index (κ1) is 18.3. The Kier molecular flexibility index (Phi) is 5.03. The molecule has 1 aliphatic heterocycles. The van der Waals surface area contributed by atoms with Crippen molar-refractivity contribution >= 4 is 17.4 Å². The summed E-state index contributed by atoms with van der Waals surface area (Å²) in [5, 5.41) is 13.3. The largest absolute Gasteiger partial charge is 0.507 e.